The Labute approximate surface area is 143 Å². The number of aliphatic hydroxyl groups is 1. The van der Waals surface area contributed by atoms with Crippen molar-refractivity contribution in [2.75, 3.05) is 43.0 Å². The Morgan fingerprint density at radius 1 is 1.38 bits per heavy atom. The van der Waals surface area contributed by atoms with E-state index < -0.39 is 0 Å². The van der Waals surface area contributed by atoms with Crippen LogP contribution in [0.25, 0.3) is 0 Å². The van der Waals surface area contributed by atoms with Crippen LogP contribution >= 0.6 is 0 Å². The van der Waals surface area contributed by atoms with E-state index in [9.17, 15) is 9.90 Å². The molecule has 7 nitrogen and oxygen atoms in total. The van der Waals surface area contributed by atoms with Crippen LogP contribution in [0.4, 0.5) is 11.6 Å². The molecule has 134 valence electrons. The van der Waals surface area contributed by atoms with Crippen molar-refractivity contribution >= 4 is 17.5 Å². The summed E-state index contributed by atoms with van der Waals surface area (Å²) in [5.41, 5.74) is -0.375. The SMILES string of the molecule is CC(C)(C)C(=O)NCCNc1cc(N2CCCC(CO)C2)ncn1. The van der Waals surface area contributed by atoms with Gasteiger partial charge in [0.15, 0.2) is 0 Å². The molecule has 1 atom stereocenters. The van der Waals surface area contributed by atoms with E-state index in [0.29, 0.717) is 19.0 Å². The van der Waals surface area contributed by atoms with Crippen LogP contribution in [-0.4, -0.2) is 53.8 Å². The number of piperidine rings is 1. The van der Waals surface area contributed by atoms with Gasteiger partial charge in [0, 0.05) is 44.3 Å². The molecule has 0 aliphatic carbocycles. The van der Waals surface area contributed by atoms with Gasteiger partial charge >= 0.3 is 0 Å². The molecule has 0 bridgehead atoms. The summed E-state index contributed by atoms with van der Waals surface area (Å²) in [6, 6.07) is 1.92. The van der Waals surface area contributed by atoms with Crippen LogP contribution in [0.2, 0.25) is 0 Å². The van der Waals surface area contributed by atoms with Gasteiger partial charge in [0.05, 0.1) is 0 Å². The monoisotopic (exact) mass is 335 g/mol. The first-order valence-corrected chi connectivity index (χ1v) is 8.60. The quantitative estimate of drug-likeness (QED) is 0.678. The molecule has 1 aliphatic rings. The first-order chi connectivity index (χ1) is 11.4. The second-order valence-corrected chi connectivity index (χ2v) is 7.33. The number of nitrogens with zero attached hydrogens (tertiary/aromatic N) is 3. The van der Waals surface area contributed by atoms with Gasteiger partial charge in [0.25, 0.3) is 0 Å². The van der Waals surface area contributed by atoms with E-state index in [4.69, 9.17) is 0 Å². The predicted octanol–water partition coefficient (Wildman–Crippen LogP) is 1.26. The van der Waals surface area contributed by atoms with Crippen molar-refractivity contribution in [2.24, 2.45) is 11.3 Å². The van der Waals surface area contributed by atoms with Gasteiger partial charge in [-0.25, -0.2) is 9.97 Å². The number of aromatic nitrogens is 2. The van der Waals surface area contributed by atoms with Gasteiger partial charge in [-0.1, -0.05) is 20.8 Å². The van der Waals surface area contributed by atoms with Crippen LogP contribution < -0.4 is 15.5 Å². The van der Waals surface area contributed by atoms with E-state index in [-0.39, 0.29) is 17.9 Å². The molecule has 0 radical (unpaired) electrons. The third-order valence-corrected chi connectivity index (χ3v) is 4.15. The highest BCUT2D eigenvalue weighted by Gasteiger charge is 2.21. The summed E-state index contributed by atoms with van der Waals surface area (Å²) in [5, 5.41) is 15.5. The van der Waals surface area contributed by atoms with Crippen molar-refractivity contribution in [1.82, 2.24) is 15.3 Å². The third kappa shape index (κ3) is 5.33. The Morgan fingerprint density at radius 2 is 2.17 bits per heavy atom. The highest BCUT2D eigenvalue weighted by Crippen LogP contribution is 2.22. The maximum absolute atomic E-state index is 11.8. The van der Waals surface area contributed by atoms with Crippen molar-refractivity contribution in [3.63, 3.8) is 0 Å². The number of amides is 1. The zero-order valence-corrected chi connectivity index (χ0v) is 14.9. The Balaban J connectivity index is 1.83. The zero-order chi connectivity index (χ0) is 17.6. The topological polar surface area (TPSA) is 90.4 Å². The van der Waals surface area contributed by atoms with Crippen molar-refractivity contribution < 1.29 is 9.90 Å². The summed E-state index contributed by atoms with van der Waals surface area (Å²) in [7, 11) is 0. The van der Waals surface area contributed by atoms with Crippen LogP contribution in [0, 0.1) is 11.3 Å². The smallest absolute Gasteiger partial charge is 0.225 e. The van der Waals surface area contributed by atoms with Crippen molar-refractivity contribution in [3.8, 4) is 0 Å². The van der Waals surface area contributed by atoms with Gasteiger partial charge in [-0.05, 0) is 18.8 Å². The van der Waals surface area contributed by atoms with Gasteiger partial charge in [0.2, 0.25) is 5.91 Å². The fourth-order valence-electron chi connectivity index (χ4n) is 2.67. The summed E-state index contributed by atoms with van der Waals surface area (Å²) in [6.45, 7) is 8.84. The second-order valence-electron chi connectivity index (χ2n) is 7.33. The summed E-state index contributed by atoms with van der Waals surface area (Å²) in [6.07, 6.45) is 3.68. The maximum atomic E-state index is 11.8. The molecule has 7 heteroatoms. The molecule has 1 aromatic rings. The summed E-state index contributed by atoms with van der Waals surface area (Å²) in [5.74, 6) is 1.98. The highest BCUT2D eigenvalue weighted by atomic mass is 16.3. The molecule has 0 saturated carbocycles. The molecule has 1 amide bonds. The van der Waals surface area contributed by atoms with E-state index in [1.165, 1.54) is 0 Å². The van der Waals surface area contributed by atoms with Crippen LogP contribution in [0.3, 0.4) is 0 Å². The molecule has 24 heavy (non-hydrogen) atoms. The number of hydrogen-bond donors (Lipinski definition) is 3. The number of anilines is 2. The lowest BCUT2D eigenvalue weighted by molar-refractivity contribution is -0.128. The molecule has 1 aliphatic heterocycles. The normalized spacial score (nSPS) is 18.3. The summed E-state index contributed by atoms with van der Waals surface area (Å²) < 4.78 is 0. The van der Waals surface area contributed by atoms with Crippen molar-refractivity contribution in [3.05, 3.63) is 12.4 Å². The standard InChI is InChI=1S/C17H29N5O2/c1-17(2,3)16(24)19-7-6-18-14-9-15(21-12-20-14)22-8-4-5-13(10-22)11-23/h9,12-13,23H,4-8,10-11H2,1-3H3,(H,19,24)(H,18,20,21). The zero-order valence-electron chi connectivity index (χ0n) is 14.9. The second kappa shape index (κ2) is 8.28. The summed E-state index contributed by atoms with van der Waals surface area (Å²) in [4.78, 5) is 22.6. The number of carbonyl (C=O) groups is 1. The largest absolute Gasteiger partial charge is 0.396 e. The Morgan fingerprint density at radius 3 is 2.88 bits per heavy atom. The molecule has 0 spiro atoms. The average Bonchev–Trinajstić information content (AvgIpc) is 2.58. The minimum Gasteiger partial charge on any atom is -0.396 e. The molecule has 1 saturated heterocycles. The van der Waals surface area contributed by atoms with Gasteiger partial charge < -0.3 is 20.6 Å². The molecular weight excluding hydrogens is 306 g/mol. The lowest BCUT2D eigenvalue weighted by Crippen LogP contribution is -2.38. The first-order valence-electron chi connectivity index (χ1n) is 8.60. The summed E-state index contributed by atoms with van der Waals surface area (Å²) >= 11 is 0. The fraction of sp³-hybridized carbons (Fsp3) is 0.706. The average molecular weight is 335 g/mol. The van der Waals surface area contributed by atoms with Crippen molar-refractivity contribution in [1.29, 1.82) is 0 Å². The molecule has 2 heterocycles. The Hall–Kier alpha value is -1.89. The van der Waals surface area contributed by atoms with Crippen LogP contribution in [0.5, 0.6) is 0 Å². The number of nitrogens with one attached hydrogen (secondary N) is 2. The number of aliphatic hydroxyl groups excluding tert-OH is 1. The van der Waals surface area contributed by atoms with Crippen LogP contribution in [0.15, 0.2) is 12.4 Å². The predicted molar refractivity (Wildman–Crippen MR) is 95.0 cm³/mol. The van der Waals surface area contributed by atoms with Crippen LogP contribution in [0.1, 0.15) is 33.6 Å². The van der Waals surface area contributed by atoms with Crippen LogP contribution in [-0.2, 0) is 4.79 Å². The van der Waals surface area contributed by atoms with Gasteiger partial charge in [-0.15, -0.1) is 0 Å². The molecule has 3 N–H and O–H groups in total. The third-order valence-electron chi connectivity index (χ3n) is 4.15. The number of rotatable bonds is 6. The minimum absolute atomic E-state index is 0.0380. The van der Waals surface area contributed by atoms with Gasteiger partial charge in [0.1, 0.15) is 18.0 Å². The maximum Gasteiger partial charge on any atom is 0.225 e. The molecular formula is C17H29N5O2. The Kier molecular flexibility index (Phi) is 6.36. The van der Waals surface area contributed by atoms with E-state index >= 15 is 0 Å². The highest BCUT2D eigenvalue weighted by molar-refractivity contribution is 5.81. The lowest BCUT2D eigenvalue weighted by atomic mass is 9.96. The molecule has 1 fully saturated rings. The first kappa shape index (κ1) is 18.4. The molecule has 1 unspecified atom stereocenters. The molecule has 1 aromatic heterocycles. The van der Waals surface area contributed by atoms with E-state index in [1.807, 2.05) is 26.8 Å². The van der Waals surface area contributed by atoms with Crippen molar-refractivity contribution in [2.45, 2.75) is 33.6 Å². The van der Waals surface area contributed by atoms with E-state index in [0.717, 1.165) is 37.6 Å². The van der Waals surface area contributed by atoms with E-state index in [2.05, 4.69) is 25.5 Å². The minimum atomic E-state index is -0.375. The van der Waals surface area contributed by atoms with Gasteiger partial charge in [-0.3, -0.25) is 4.79 Å². The number of hydrogen-bond acceptors (Lipinski definition) is 6. The molecule has 2 rings (SSSR count). The van der Waals surface area contributed by atoms with Gasteiger partial charge in [-0.2, -0.15) is 0 Å². The number of carbonyl (C=O) groups excluding carboxylic acids is 1. The Bertz CT molecular complexity index is 544. The van der Waals surface area contributed by atoms with E-state index in [1.54, 1.807) is 6.33 Å². The fourth-order valence-corrected chi connectivity index (χ4v) is 2.67. The molecule has 0 aromatic carbocycles. The lowest BCUT2D eigenvalue weighted by Gasteiger charge is -2.32.